The highest BCUT2D eigenvalue weighted by atomic mass is 35.5. The lowest BCUT2D eigenvalue weighted by atomic mass is 9.96. The highest BCUT2D eigenvalue weighted by Crippen LogP contribution is 2.42. The van der Waals surface area contributed by atoms with Gasteiger partial charge in [-0.05, 0) is 43.0 Å². The van der Waals surface area contributed by atoms with Crippen LogP contribution in [0.2, 0.25) is 20.1 Å². The number of rotatable bonds is 9. The van der Waals surface area contributed by atoms with Crippen molar-refractivity contribution in [2.24, 2.45) is 0 Å². The van der Waals surface area contributed by atoms with Crippen molar-refractivity contribution in [2.45, 2.75) is 24.3 Å². The van der Waals surface area contributed by atoms with Crippen molar-refractivity contribution in [2.75, 3.05) is 20.1 Å². The summed E-state index contributed by atoms with van der Waals surface area (Å²) in [6.07, 6.45) is -8.99. The average molecular weight is 628 g/mol. The second kappa shape index (κ2) is 12.9. The summed E-state index contributed by atoms with van der Waals surface area (Å²) in [6.45, 7) is -1.80. The van der Waals surface area contributed by atoms with Crippen LogP contribution in [0.4, 0.5) is 30.7 Å². The van der Waals surface area contributed by atoms with Crippen molar-refractivity contribution in [1.29, 1.82) is 0 Å². The number of carbonyl (C=O) groups excluding carboxylic acids is 2. The Bertz CT molecular complexity index is 1200. The van der Waals surface area contributed by atoms with Crippen molar-refractivity contribution >= 4 is 64.4 Å². The minimum atomic E-state index is -4.95. The number of benzene rings is 2. The van der Waals surface area contributed by atoms with Crippen molar-refractivity contribution in [3.8, 4) is 0 Å². The van der Waals surface area contributed by atoms with Gasteiger partial charge in [0.1, 0.15) is 18.0 Å². The van der Waals surface area contributed by atoms with E-state index in [2.05, 4.69) is 5.32 Å². The molecule has 2 rings (SSSR count). The summed E-state index contributed by atoms with van der Waals surface area (Å²) in [4.78, 5) is 24.5. The van der Waals surface area contributed by atoms with E-state index < -0.39 is 65.3 Å². The molecule has 38 heavy (non-hydrogen) atoms. The van der Waals surface area contributed by atoms with Gasteiger partial charge < -0.3 is 10.1 Å². The number of carbonyl (C=O) groups is 2. The van der Waals surface area contributed by atoms with Gasteiger partial charge in [0.05, 0.1) is 38.2 Å². The Morgan fingerprint density at radius 1 is 1.00 bits per heavy atom. The first kappa shape index (κ1) is 32.2. The minimum absolute atomic E-state index is 0.174. The van der Waals surface area contributed by atoms with Crippen LogP contribution >= 0.6 is 46.4 Å². The maximum absolute atomic E-state index is 14.9. The molecule has 1 N–H and O–H groups in total. The Morgan fingerprint density at radius 2 is 1.58 bits per heavy atom. The van der Waals surface area contributed by atoms with E-state index in [1.165, 1.54) is 0 Å². The van der Waals surface area contributed by atoms with Crippen LogP contribution in [0.25, 0.3) is 5.83 Å². The Morgan fingerprint density at radius 3 is 2.05 bits per heavy atom. The second-order valence-electron chi connectivity index (χ2n) is 8.06. The molecule has 2 atom stereocenters. The largest absolute Gasteiger partial charge is 0.401 e. The van der Waals surface area contributed by atoms with Crippen LogP contribution in [0.15, 0.2) is 36.4 Å². The topological polar surface area (TPSA) is 49.4 Å². The Kier molecular flexibility index (Phi) is 10.9. The van der Waals surface area contributed by atoms with Crippen LogP contribution < -0.4 is 5.32 Å². The number of nitrogens with one attached hydrogen (secondary N) is 1. The van der Waals surface area contributed by atoms with Crippen molar-refractivity contribution < 1.29 is 40.3 Å². The predicted octanol–water partition coefficient (Wildman–Crippen LogP) is 7.75. The second-order valence-corrected chi connectivity index (χ2v) is 9.65. The van der Waals surface area contributed by atoms with Crippen molar-refractivity contribution in [1.82, 2.24) is 10.2 Å². The first-order valence-electron chi connectivity index (χ1n) is 10.3. The molecule has 208 valence electrons. The van der Waals surface area contributed by atoms with E-state index in [9.17, 15) is 40.3 Å². The van der Waals surface area contributed by atoms with E-state index in [-0.39, 0.29) is 33.0 Å². The van der Waals surface area contributed by atoms with Gasteiger partial charge in [0.25, 0.3) is 5.91 Å². The number of allylic oxidation sites excluding steroid dienone is 1. The van der Waals surface area contributed by atoms with Gasteiger partial charge in [0.15, 0.2) is 0 Å². The standard InChI is InChI=1S/C23H17Cl4F7N2O2/c1-36(10-22(29,30)31)8-13(9-37)35-21(38)14-3-2-11(4-16(14)24)19(28)7-15(23(32,33)34)12-5-17(25)20(27)18(26)6-12/h2-7,9,13,15H,8,10H2,1H3,(H,35,38)/b19-7-. The third-order valence-corrected chi connectivity index (χ3v) is 6.47. The first-order chi connectivity index (χ1) is 17.4. The molecule has 0 saturated carbocycles. The first-order valence-corrected chi connectivity index (χ1v) is 11.8. The van der Waals surface area contributed by atoms with Crippen LogP contribution in [-0.2, 0) is 4.79 Å². The fraction of sp³-hybridized carbons (Fsp3) is 0.304. The smallest absolute Gasteiger partial charge is 0.341 e. The van der Waals surface area contributed by atoms with Gasteiger partial charge in [-0.25, -0.2) is 4.39 Å². The highest BCUT2D eigenvalue weighted by Gasteiger charge is 2.40. The maximum Gasteiger partial charge on any atom is 0.401 e. The molecule has 1 amide bonds. The average Bonchev–Trinajstić information content (AvgIpc) is 2.77. The zero-order valence-corrected chi connectivity index (χ0v) is 22.1. The maximum atomic E-state index is 14.9. The summed E-state index contributed by atoms with van der Waals surface area (Å²) in [5, 5.41) is 1.08. The fourth-order valence-corrected chi connectivity index (χ4v) is 4.18. The van der Waals surface area contributed by atoms with Gasteiger partial charge in [-0.1, -0.05) is 52.5 Å². The van der Waals surface area contributed by atoms with Gasteiger partial charge in [0, 0.05) is 12.1 Å². The normalized spacial score (nSPS) is 14.4. The van der Waals surface area contributed by atoms with E-state index in [4.69, 9.17) is 46.4 Å². The van der Waals surface area contributed by atoms with Crippen LogP contribution in [0.1, 0.15) is 27.4 Å². The van der Waals surface area contributed by atoms with Gasteiger partial charge in [-0.3, -0.25) is 9.69 Å². The number of nitrogens with zero attached hydrogens (tertiary/aromatic N) is 1. The van der Waals surface area contributed by atoms with Crippen LogP contribution in [0, 0.1) is 0 Å². The van der Waals surface area contributed by atoms with Gasteiger partial charge in [0.2, 0.25) is 0 Å². The number of alkyl halides is 6. The van der Waals surface area contributed by atoms with Crippen molar-refractivity contribution in [3.05, 3.63) is 73.2 Å². The molecular formula is C23H17Cl4F7N2O2. The molecule has 2 aromatic rings. The summed E-state index contributed by atoms with van der Waals surface area (Å²) < 4.78 is 93.5. The number of amides is 1. The summed E-state index contributed by atoms with van der Waals surface area (Å²) >= 11 is 23.4. The number of halogens is 11. The monoisotopic (exact) mass is 626 g/mol. The Balaban J connectivity index is 2.28. The third kappa shape index (κ3) is 9.01. The van der Waals surface area contributed by atoms with Crippen LogP contribution in [0.3, 0.4) is 0 Å². The lowest BCUT2D eigenvalue weighted by molar-refractivity contribution is -0.144. The number of likely N-dealkylation sites (N-methyl/N-ethyl adjacent to an activating group) is 1. The molecule has 0 aliphatic rings. The van der Waals surface area contributed by atoms with Crippen molar-refractivity contribution in [3.63, 3.8) is 0 Å². The Labute approximate surface area is 232 Å². The van der Waals surface area contributed by atoms with Gasteiger partial charge in [-0.2, -0.15) is 26.3 Å². The molecule has 0 fully saturated rings. The fourth-order valence-electron chi connectivity index (χ4n) is 3.30. The van der Waals surface area contributed by atoms with Crippen LogP contribution in [-0.4, -0.2) is 55.6 Å². The van der Waals surface area contributed by atoms with Crippen LogP contribution in [0.5, 0.6) is 0 Å². The molecule has 4 nitrogen and oxygen atoms in total. The molecular weight excluding hydrogens is 611 g/mol. The summed E-state index contributed by atoms with van der Waals surface area (Å²) in [5.41, 5.74) is -1.19. The summed E-state index contributed by atoms with van der Waals surface area (Å²) in [6, 6.07) is 3.28. The molecule has 0 aliphatic heterocycles. The predicted molar refractivity (Wildman–Crippen MR) is 132 cm³/mol. The summed E-state index contributed by atoms with van der Waals surface area (Å²) in [5.74, 6) is -4.79. The molecule has 0 heterocycles. The molecule has 0 radical (unpaired) electrons. The van der Waals surface area contributed by atoms with E-state index in [0.717, 1.165) is 42.3 Å². The van der Waals surface area contributed by atoms with E-state index >= 15 is 0 Å². The highest BCUT2D eigenvalue weighted by molar-refractivity contribution is 6.48. The molecule has 2 aromatic carbocycles. The quantitative estimate of drug-likeness (QED) is 0.176. The zero-order valence-electron chi connectivity index (χ0n) is 19.0. The molecule has 0 spiro atoms. The third-order valence-electron chi connectivity index (χ3n) is 4.96. The summed E-state index contributed by atoms with van der Waals surface area (Å²) in [7, 11) is 1.09. The molecule has 15 heteroatoms. The molecule has 0 aromatic heterocycles. The van der Waals surface area contributed by atoms with E-state index in [0.29, 0.717) is 0 Å². The molecule has 0 saturated heterocycles. The Hall–Kier alpha value is -2.05. The molecule has 0 aliphatic carbocycles. The number of aldehydes is 1. The SMILES string of the molecule is CN(CC(C=O)NC(=O)c1ccc(/C(F)=C/C(c2cc(Cl)c(Cl)c(Cl)c2)C(F)(F)F)cc1Cl)CC(F)(F)F. The zero-order chi connectivity index (χ0) is 29.0. The number of hydrogen-bond donors (Lipinski definition) is 1. The lowest BCUT2D eigenvalue weighted by Crippen LogP contribution is -2.45. The van der Waals surface area contributed by atoms with Gasteiger partial charge in [-0.15, -0.1) is 0 Å². The molecule has 0 bridgehead atoms. The van der Waals surface area contributed by atoms with Gasteiger partial charge >= 0.3 is 12.4 Å². The minimum Gasteiger partial charge on any atom is -0.341 e. The van der Waals surface area contributed by atoms with E-state index in [1.54, 1.807) is 0 Å². The lowest BCUT2D eigenvalue weighted by Gasteiger charge is -2.22. The van der Waals surface area contributed by atoms with E-state index in [1.807, 2.05) is 0 Å². The number of hydrogen-bond acceptors (Lipinski definition) is 3. The molecule has 2 unspecified atom stereocenters.